The molecular formula is C19H22N2O4. The maximum atomic E-state index is 6.02. The zero-order valence-electron chi connectivity index (χ0n) is 14.9. The fourth-order valence-electron chi connectivity index (χ4n) is 2.64. The highest BCUT2D eigenvalue weighted by Crippen LogP contribution is 2.34. The van der Waals surface area contributed by atoms with Crippen LogP contribution in [0.3, 0.4) is 0 Å². The van der Waals surface area contributed by atoms with Crippen LogP contribution >= 0.6 is 0 Å². The van der Waals surface area contributed by atoms with E-state index in [1.807, 2.05) is 48.0 Å². The highest BCUT2D eigenvalue weighted by Gasteiger charge is 2.14. The Balaban J connectivity index is 1.90. The first-order chi connectivity index (χ1) is 12.2. The second-order valence-corrected chi connectivity index (χ2v) is 5.68. The van der Waals surface area contributed by atoms with Crippen LogP contribution < -0.4 is 9.47 Å². The molecule has 6 nitrogen and oxygen atoms in total. The normalized spacial score (nSPS) is 12.2. The molecule has 1 atom stereocenters. The first-order valence-corrected chi connectivity index (χ1v) is 8.02. The van der Waals surface area contributed by atoms with Gasteiger partial charge in [0.15, 0.2) is 23.1 Å². The Kier molecular flexibility index (Phi) is 5.09. The minimum atomic E-state index is 0.0910. The molecule has 0 saturated heterocycles. The molecule has 0 aliphatic heterocycles. The van der Waals surface area contributed by atoms with Gasteiger partial charge in [-0.3, -0.25) is 0 Å². The van der Waals surface area contributed by atoms with Gasteiger partial charge in [-0.05, 0) is 37.3 Å². The number of benzene rings is 1. The molecule has 132 valence electrons. The van der Waals surface area contributed by atoms with Crippen molar-refractivity contribution in [1.29, 1.82) is 0 Å². The largest absolute Gasteiger partial charge is 0.493 e. The Labute approximate surface area is 147 Å². The maximum Gasteiger partial charge on any atom is 0.176 e. The number of hydrogen-bond acceptors (Lipinski definition) is 5. The first-order valence-electron chi connectivity index (χ1n) is 8.02. The molecule has 0 spiro atoms. The minimum absolute atomic E-state index is 0.0910. The smallest absolute Gasteiger partial charge is 0.176 e. The second-order valence-electron chi connectivity index (χ2n) is 5.68. The summed E-state index contributed by atoms with van der Waals surface area (Å²) < 4.78 is 24.0. The quantitative estimate of drug-likeness (QED) is 0.652. The van der Waals surface area contributed by atoms with Crippen molar-refractivity contribution >= 4 is 0 Å². The third kappa shape index (κ3) is 3.53. The van der Waals surface area contributed by atoms with Crippen LogP contribution in [-0.2, 0) is 11.3 Å². The molecule has 25 heavy (non-hydrogen) atoms. The molecule has 0 aliphatic carbocycles. The summed E-state index contributed by atoms with van der Waals surface area (Å²) in [5, 5.41) is 0. The Morgan fingerprint density at radius 3 is 2.52 bits per heavy atom. The van der Waals surface area contributed by atoms with Crippen LogP contribution in [0.25, 0.3) is 22.9 Å². The van der Waals surface area contributed by atoms with E-state index in [4.69, 9.17) is 18.6 Å². The lowest BCUT2D eigenvalue weighted by molar-refractivity contribution is 0.103. The van der Waals surface area contributed by atoms with Crippen LogP contribution in [0.15, 0.2) is 47.1 Å². The number of furan rings is 1. The number of aromatic nitrogens is 2. The molecule has 0 fully saturated rings. The van der Waals surface area contributed by atoms with Gasteiger partial charge in [0.05, 0.1) is 26.9 Å². The van der Waals surface area contributed by atoms with E-state index in [1.165, 1.54) is 0 Å². The van der Waals surface area contributed by atoms with Gasteiger partial charge in [0.1, 0.15) is 5.76 Å². The van der Waals surface area contributed by atoms with Crippen molar-refractivity contribution in [2.75, 3.05) is 21.3 Å². The molecule has 3 rings (SSSR count). The summed E-state index contributed by atoms with van der Waals surface area (Å²) in [7, 11) is 4.93. The molecule has 2 aromatic heterocycles. The molecule has 1 aromatic carbocycles. The topological polar surface area (TPSA) is 58.7 Å². The van der Waals surface area contributed by atoms with Crippen molar-refractivity contribution in [2.45, 2.75) is 19.6 Å². The lowest BCUT2D eigenvalue weighted by Gasteiger charge is -2.11. The molecule has 1 unspecified atom stereocenters. The molecule has 0 saturated carbocycles. The zero-order chi connectivity index (χ0) is 17.8. The number of methoxy groups -OCH3 is 3. The van der Waals surface area contributed by atoms with Crippen molar-refractivity contribution in [2.24, 2.45) is 0 Å². The predicted octanol–water partition coefficient (Wildman–Crippen LogP) is 3.86. The van der Waals surface area contributed by atoms with Gasteiger partial charge in [-0.2, -0.15) is 0 Å². The van der Waals surface area contributed by atoms with Gasteiger partial charge in [0.25, 0.3) is 0 Å². The molecular weight excluding hydrogens is 320 g/mol. The van der Waals surface area contributed by atoms with E-state index in [-0.39, 0.29) is 6.10 Å². The summed E-state index contributed by atoms with van der Waals surface area (Å²) in [6.07, 6.45) is 3.77. The van der Waals surface area contributed by atoms with E-state index in [1.54, 1.807) is 27.5 Å². The third-order valence-electron chi connectivity index (χ3n) is 4.07. The molecule has 3 aromatic rings. The molecule has 0 aliphatic rings. The van der Waals surface area contributed by atoms with E-state index in [0.717, 1.165) is 17.1 Å². The van der Waals surface area contributed by atoms with E-state index in [9.17, 15) is 0 Å². The van der Waals surface area contributed by atoms with Crippen molar-refractivity contribution in [3.63, 3.8) is 0 Å². The highest BCUT2D eigenvalue weighted by molar-refractivity contribution is 5.65. The van der Waals surface area contributed by atoms with Gasteiger partial charge in [-0.15, -0.1) is 0 Å². The lowest BCUT2D eigenvalue weighted by Crippen LogP contribution is -2.14. The van der Waals surface area contributed by atoms with Crippen LogP contribution in [0.2, 0.25) is 0 Å². The van der Waals surface area contributed by atoms with Gasteiger partial charge in [0, 0.05) is 25.1 Å². The monoisotopic (exact) mass is 342 g/mol. The Morgan fingerprint density at radius 2 is 1.80 bits per heavy atom. The minimum Gasteiger partial charge on any atom is -0.493 e. The van der Waals surface area contributed by atoms with E-state index in [2.05, 4.69) is 4.98 Å². The number of hydrogen-bond donors (Lipinski definition) is 0. The summed E-state index contributed by atoms with van der Waals surface area (Å²) >= 11 is 0. The Hall–Kier alpha value is -2.73. The van der Waals surface area contributed by atoms with Crippen molar-refractivity contribution < 1.29 is 18.6 Å². The number of rotatable bonds is 7. The number of imidazole rings is 1. The van der Waals surface area contributed by atoms with Crippen LogP contribution in [0.5, 0.6) is 11.5 Å². The molecule has 0 amide bonds. The predicted molar refractivity (Wildman–Crippen MR) is 94.9 cm³/mol. The number of ether oxygens (including phenoxy) is 3. The maximum absolute atomic E-state index is 6.02. The second kappa shape index (κ2) is 7.44. The van der Waals surface area contributed by atoms with Crippen LogP contribution in [0.4, 0.5) is 0 Å². The fraction of sp³-hybridized carbons (Fsp3) is 0.316. The molecule has 0 N–H and O–H groups in total. The number of nitrogens with zero attached hydrogens (tertiary/aromatic N) is 2. The Morgan fingerprint density at radius 1 is 1.04 bits per heavy atom. The summed E-state index contributed by atoms with van der Waals surface area (Å²) in [5.74, 6) is 3.56. The summed E-state index contributed by atoms with van der Waals surface area (Å²) in [6, 6.07) is 9.53. The van der Waals surface area contributed by atoms with Crippen molar-refractivity contribution in [3.05, 3.63) is 42.7 Å². The third-order valence-corrected chi connectivity index (χ3v) is 4.07. The summed E-state index contributed by atoms with van der Waals surface area (Å²) in [4.78, 5) is 4.41. The summed E-state index contributed by atoms with van der Waals surface area (Å²) in [6.45, 7) is 2.72. The van der Waals surface area contributed by atoms with Crippen LogP contribution in [-0.4, -0.2) is 37.0 Å². The van der Waals surface area contributed by atoms with E-state index >= 15 is 0 Å². The average Bonchev–Trinajstić information content (AvgIpc) is 3.30. The molecule has 0 bridgehead atoms. The molecule has 2 heterocycles. The van der Waals surface area contributed by atoms with Crippen LogP contribution in [0.1, 0.15) is 6.92 Å². The van der Waals surface area contributed by atoms with Gasteiger partial charge < -0.3 is 23.2 Å². The molecule has 6 heteroatoms. The highest BCUT2D eigenvalue weighted by atomic mass is 16.5. The zero-order valence-corrected chi connectivity index (χ0v) is 14.9. The van der Waals surface area contributed by atoms with Gasteiger partial charge in [0.2, 0.25) is 0 Å². The summed E-state index contributed by atoms with van der Waals surface area (Å²) in [5.41, 5.74) is 0.910. The average molecular weight is 342 g/mol. The lowest BCUT2D eigenvalue weighted by atomic mass is 10.1. The molecule has 0 radical (unpaired) electrons. The standard InChI is InChI=1S/C19H22N2O4/c1-13(22-2)12-21-10-9-20-19(21)17-8-7-15(25-17)14-5-6-16(23-3)18(11-14)24-4/h5-11,13H,12H2,1-4H3. The van der Waals surface area contributed by atoms with E-state index < -0.39 is 0 Å². The first kappa shape index (κ1) is 17.1. The van der Waals surface area contributed by atoms with Gasteiger partial charge in [-0.1, -0.05) is 0 Å². The van der Waals surface area contributed by atoms with Crippen molar-refractivity contribution in [1.82, 2.24) is 9.55 Å². The SMILES string of the molecule is COc1ccc(-c2ccc(-c3nccn3CC(C)OC)o2)cc1OC. The Bertz CT molecular complexity index is 838. The van der Waals surface area contributed by atoms with E-state index in [0.29, 0.717) is 23.8 Å². The fourth-order valence-corrected chi connectivity index (χ4v) is 2.64. The van der Waals surface area contributed by atoms with Gasteiger partial charge in [-0.25, -0.2) is 4.98 Å². The van der Waals surface area contributed by atoms with Crippen molar-refractivity contribution in [3.8, 4) is 34.4 Å². The van der Waals surface area contributed by atoms with Crippen LogP contribution in [0, 0.1) is 0 Å². The van der Waals surface area contributed by atoms with Gasteiger partial charge >= 0.3 is 0 Å².